The van der Waals surface area contributed by atoms with Crippen LogP contribution in [0.3, 0.4) is 0 Å². The molecule has 0 heterocycles. The minimum atomic E-state index is -0.124. The van der Waals surface area contributed by atoms with Crippen molar-refractivity contribution in [3.63, 3.8) is 0 Å². The highest BCUT2D eigenvalue weighted by Gasteiger charge is 2.09. The SMILES string of the molecule is CCCCc1ccc2c(F)c(-c3ccccc3)ccc2c1. The van der Waals surface area contributed by atoms with Crippen LogP contribution in [0, 0.1) is 5.82 Å². The Hall–Kier alpha value is -2.15. The number of halogens is 1. The summed E-state index contributed by atoms with van der Waals surface area (Å²) in [5, 5.41) is 1.69. The number of hydrogen-bond donors (Lipinski definition) is 0. The summed E-state index contributed by atoms with van der Waals surface area (Å²) >= 11 is 0. The second kappa shape index (κ2) is 6.09. The lowest BCUT2D eigenvalue weighted by Crippen LogP contribution is -1.89. The van der Waals surface area contributed by atoms with Crippen LogP contribution in [0.15, 0.2) is 60.7 Å². The molecule has 1 heteroatoms. The summed E-state index contributed by atoms with van der Waals surface area (Å²) in [5.41, 5.74) is 2.88. The Morgan fingerprint density at radius 1 is 0.905 bits per heavy atom. The average molecular weight is 278 g/mol. The maximum Gasteiger partial charge on any atom is 0.138 e. The zero-order valence-corrected chi connectivity index (χ0v) is 12.3. The van der Waals surface area contributed by atoms with Crippen molar-refractivity contribution in [1.82, 2.24) is 0 Å². The molecule has 0 aliphatic rings. The van der Waals surface area contributed by atoms with E-state index in [1.165, 1.54) is 18.4 Å². The highest BCUT2D eigenvalue weighted by Crippen LogP contribution is 2.29. The predicted octanol–water partition coefficient (Wildman–Crippen LogP) is 5.99. The van der Waals surface area contributed by atoms with Gasteiger partial charge in [-0.3, -0.25) is 0 Å². The molecule has 106 valence electrons. The fourth-order valence-electron chi connectivity index (χ4n) is 2.72. The third-order valence-electron chi connectivity index (χ3n) is 3.92. The molecule has 0 bridgehead atoms. The summed E-state index contributed by atoms with van der Waals surface area (Å²) in [6.45, 7) is 2.19. The first-order chi connectivity index (χ1) is 10.3. The molecular weight excluding hydrogens is 259 g/mol. The van der Waals surface area contributed by atoms with E-state index in [-0.39, 0.29) is 5.82 Å². The molecule has 0 fully saturated rings. The fourth-order valence-corrected chi connectivity index (χ4v) is 2.72. The normalized spacial score (nSPS) is 11.0. The standard InChI is InChI=1S/C20H19F/c1-2-3-7-15-10-12-19-17(14-15)11-13-18(20(19)21)16-8-5-4-6-9-16/h4-6,8-14H,2-3,7H2,1H3. The molecule has 21 heavy (non-hydrogen) atoms. The minimum Gasteiger partial charge on any atom is -0.206 e. The fraction of sp³-hybridized carbons (Fsp3) is 0.200. The lowest BCUT2D eigenvalue weighted by Gasteiger charge is -2.08. The number of hydrogen-bond acceptors (Lipinski definition) is 0. The molecule has 0 saturated heterocycles. The third kappa shape index (κ3) is 2.82. The summed E-state index contributed by atoms with van der Waals surface area (Å²) in [6.07, 6.45) is 3.42. The van der Waals surface area contributed by atoms with Crippen LogP contribution >= 0.6 is 0 Å². The van der Waals surface area contributed by atoms with Crippen LogP contribution in [-0.4, -0.2) is 0 Å². The van der Waals surface area contributed by atoms with Crippen molar-refractivity contribution in [2.45, 2.75) is 26.2 Å². The molecule has 3 aromatic rings. The molecule has 0 radical (unpaired) electrons. The third-order valence-corrected chi connectivity index (χ3v) is 3.92. The lowest BCUT2D eigenvalue weighted by atomic mass is 9.98. The monoisotopic (exact) mass is 278 g/mol. The Morgan fingerprint density at radius 2 is 1.71 bits per heavy atom. The van der Waals surface area contributed by atoms with Gasteiger partial charge in [0.05, 0.1) is 0 Å². The van der Waals surface area contributed by atoms with Crippen LogP contribution in [0.4, 0.5) is 4.39 Å². The first-order valence-electron chi connectivity index (χ1n) is 7.56. The highest BCUT2D eigenvalue weighted by atomic mass is 19.1. The van der Waals surface area contributed by atoms with Crippen molar-refractivity contribution in [3.05, 3.63) is 72.0 Å². The van der Waals surface area contributed by atoms with Crippen LogP contribution in [0.25, 0.3) is 21.9 Å². The topological polar surface area (TPSA) is 0 Å². The van der Waals surface area contributed by atoms with E-state index in [1.807, 2.05) is 48.5 Å². The number of rotatable bonds is 4. The van der Waals surface area contributed by atoms with Crippen LogP contribution in [0.2, 0.25) is 0 Å². The molecule has 0 N–H and O–H groups in total. The van der Waals surface area contributed by atoms with Crippen molar-refractivity contribution in [2.24, 2.45) is 0 Å². The molecular formula is C20H19F. The van der Waals surface area contributed by atoms with Gasteiger partial charge in [-0.1, -0.05) is 74.0 Å². The van der Waals surface area contributed by atoms with Crippen molar-refractivity contribution in [1.29, 1.82) is 0 Å². The van der Waals surface area contributed by atoms with Gasteiger partial charge in [-0.25, -0.2) is 4.39 Å². The molecule has 0 nitrogen and oxygen atoms in total. The van der Waals surface area contributed by atoms with Gasteiger partial charge >= 0.3 is 0 Å². The number of benzene rings is 3. The van der Waals surface area contributed by atoms with E-state index in [1.54, 1.807) is 0 Å². The number of aryl methyl sites for hydroxylation is 1. The van der Waals surface area contributed by atoms with E-state index < -0.39 is 0 Å². The highest BCUT2D eigenvalue weighted by molar-refractivity contribution is 5.88. The maximum absolute atomic E-state index is 14.7. The van der Waals surface area contributed by atoms with Gasteiger partial charge in [-0.2, -0.15) is 0 Å². The quantitative estimate of drug-likeness (QED) is 0.550. The van der Waals surface area contributed by atoms with E-state index in [9.17, 15) is 4.39 Å². The molecule has 0 aliphatic carbocycles. The first kappa shape index (κ1) is 13.8. The molecule has 0 aromatic heterocycles. The van der Waals surface area contributed by atoms with Crippen molar-refractivity contribution in [2.75, 3.05) is 0 Å². The maximum atomic E-state index is 14.7. The van der Waals surface area contributed by atoms with Crippen molar-refractivity contribution < 1.29 is 4.39 Å². The number of unbranched alkanes of at least 4 members (excludes halogenated alkanes) is 1. The second-order valence-corrected chi connectivity index (χ2v) is 5.45. The Balaban J connectivity index is 2.05. The lowest BCUT2D eigenvalue weighted by molar-refractivity contribution is 0.643. The molecule has 0 spiro atoms. The van der Waals surface area contributed by atoms with Gasteiger partial charge in [0.15, 0.2) is 0 Å². The van der Waals surface area contributed by atoms with Crippen LogP contribution < -0.4 is 0 Å². The number of fused-ring (bicyclic) bond motifs is 1. The van der Waals surface area contributed by atoms with Crippen LogP contribution in [0.5, 0.6) is 0 Å². The minimum absolute atomic E-state index is 0.124. The average Bonchev–Trinajstić information content (AvgIpc) is 2.54. The van der Waals surface area contributed by atoms with Gasteiger partial charge in [-0.15, -0.1) is 0 Å². The van der Waals surface area contributed by atoms with Gasteiger partial charge in [0.25, 0.3) is 0 Å². The Bertz CT molecular complexity index is 744. The summed E-state index contributed by atoms with van der Waals surface area (Å²) in [7, 11) is 0. The van der Waals surface area contributed by atoms with Crippen molar-refractivity contribution in [3.8, 4) is 11.1 Å². The Labute approximate surface area is 125 Å². The van der Waals surface area contributed by atoms with Gasteiger partial charge in [-0.05, 0) is 29.4 Å². The molecule has 0 saturated carbocycles. The summed E-state index contributed by atoms with van der Waals surface area (Å²) < 4.78 is 14.7. The summed E-state index contributed by atoms with van der Waals surface area (Å²) in [5.74, 6) is -0.124. The van der Waals surface area contributed by atoms with E-state index in [4.69, 9.17) is 0 Å². The zero-order chi connectivity index (χ0) is 14.7. The van der Waals surface area contributed by atoms with E-state index in [0.29, 0.717) is 10.9 Å². The predicted molar refractivity (Wildman–Crippen MR) is 88.0 cm³/mol. The zero-order valence-electron chi connectivity index (χ0n) is 12.3. The first-order valence-corrected chi connectivity index (χ1v) is 7.56. The van der Waals surface area contributed by atoms with Gasteiger partial charge in [0, 0.05) is 10.9 Å². The Morgan fingerprint density at radius 3 is 2.48 bits per heavy atom. The van der Waals surface area contributed by atoms with Gasteiger partial charge < -0.3 is 0 Å². The molecule has 3 aromatic carbocycles. The van der Waals surface area contributed by atoms with E-state index in [0.717, 1.165) is 17.4 Å². The Kier molecular flexibility index (Phi) is 4.01. The summed E-state index contributed by atoms with van der Waals surface area (Å²) in [4.78, 5) is 0. The molecule has 3 rings (SSSR count). The van der Waals surface area contributed by atoms with Crippen LogP contribution in [-0.2, 0) is 6.42 Å². The van der Waals surface area contributed by atoms with Crippen LogP contribution in [0.1, 0.15) is 25.3 Å². The van der Waals surface area contributed by atoms with E-state index in [2.05, 4.69) is 19.1 Å². The molecule has 0 unspecified atom stereocenters. The van der Waals surface area contributed by atoms with Gasteiger partial charge in [0.1, 0.15) is 5.82 Å². The molecule has 0 atom stereocenters. The smallest absolute Gasteiger partial charge is 0.138 e. The van der Waals surface area contributed by atoms with E-state index >= 15 is 0 Å². The summed E-state index contributed by atoms with van der Waals surface area (Å²) in [6, 6.07) is 19.7. The van der Waals surface area contributed by atoms with Gasteiger partial charge in [0.2, 0.25) is 0 Å². The molecule has 0 amide bonds. The van der Waals surface area contributed by atoms with Crippen molar-refractivity contribution >= 4 is 10.8 Å². The molecule has 0 aliphatic heterocycles. The largest absolute Gasteiger partial charge is 0.206 e. The second-order valence-electron chi connectivity index (χ2n) is 5.45.